The number of hydrogen-bond acceptors (Lipinski definition) is 3. The number of anilines is 1. The van der Waals surface area contributed by atoms with E-state index in [2.05, 4.69) is 26.2 Å². The summed E-state index contributed by atoms with van der Waals surface area (Å²) in [6.45, 7) is 0. The van der Waals surface area contributed by atoms with Gasteiger partial charge in [-0.15, -0.1) is 0 Å². The number of amides is 1. The Hall–Kier alpha value is -1.59. The summed E-state index contributed by atoms with van der Waals surface area (Å²) in [5, 5.41) is 3.41. The number of fused-ring (bicyclic) bond motifs is 2. The van der Waals surface area contributed by atoms with Crippen LogP contribution in [0, 0.1) is 0 Å². The molecule has 2 aromatic rings. The van der Waals surface area contributed by atoms with Crippen LogP contribution in [0.3, 0.4) is 0 Å². The summed E-state index contributed by atoms with van der Waals surface area (Å²) in [6, 6.07) is 3.53. The van der Waals surface area contributed by atoms with Crippen LogP contribution in [0.15, 0.2) is 21.0 Å². The van der Waals surface area contributed by atoms with Crippen molar-refractivity contribution in [2.45, 2.75) is 25.7 Å². The zero-order valence-corrected chi connectivity index (χ0v) is 13.9. The van der Waals surface area contributed by atoms with Gasteiger partial charge in [-0.1, -0.05) is 11.6 Å². The summed E-state index contributed by atoms with van der Waals surface area (Å²) in [4.78, 5) is 16.7. The number of aromatic nitrogens is 1. The third-order valence-corrected chi connectivity index (χ3v) is 4.80. The van der Waals surface area contributed by atoms with E-state index in [0.29, 0.717) is 16.5 Å². The van der Waals surface area contributed by atoms with Crippen molar-refractivity contribution in [2.24, 2.45) is 0 Å². The van der Waals surface area contributed by atoms with E-state index in [9.17, 15) is 4.79 Å². The van der Waals surface area contributed by atoms with Gasteiger partial charge in [0, 0.05) is 27.6 Å². The van der Waals surface area contributed by atoms with Crippen molar-refractivity contribution in [1.82, 2.24) is 4.98 Å². The molecule has 22 heavy (non-hydrogen) atoms. The summed E-state index contributed by atoms with van der Waals surface area (Å²) in [5.74, 6) is 1.26. The molecule has 0 fully saturated rings. The van der Waals surface area contributed by atoms with Crippen molar-refractivity contribution >= 4 is 50.8 Å². The number of halogens is 2. The highest BCUT2D eigenvalue weighted by atomic mass is 79.9. The molecule has 0 saturated carbocycles. The summed E-state index contributed by atoms with van der Waals surface area (Å²) >= 11 is 9.51. The molecule has 2 heterocycles. The van der Waals surface area contributed by atoms with Crippen LogP contribution < -0.4 is 5.32 Å². The number of hydrogen-bond donors (Lipinski definition) is 1. The number of carbonyl (C=O) groups excluding carboxylic acids is 1. The number of rotatable bonds is 1. The van der Waals surface area contributed by atoms with Crippen LogP contribution >= 0.6 is 27.5 Å². The molecule has 0 unspecified atom stereocenters. The van der Waals surface area contributed by atoms with E-state index < -0.39 is 0 Å². The molecule has 1 N–H and O–H groups in total. The van der Waals surface area contributed by atoms with Gasteiger partial charge in [0.25, 0.3) is 5.91 Å². The second-order valence-corrected chi connectivity index (χ2v) is 6.74. The van der Waals surface area contributed by atoms with Crippen LogP contribution in [0.4, 0.5) is 5.69 Å². The largest absolute Gasteiger partial charge is 0.441 e. The van der Waals surface area contributed by atoms with E-state index in [-0.39, 0.29) is 5.91 Å². The van der Waals surface area contributed by atoms with E-state index >= 15 is 0 Å². The quantitative estimate of drug-likeness (QED) is 0.744. The first-order valence-electron chi connectivity index (χ1n) is 7.13. The van der Waals surface area contributed by atoms with Crippen molar-refractivity contribution in [3.63, 3.8) is 0 Å². The number of carbonyl (C=O) groups is 1. The van der Waals surface area contributed by atoms with E-state index in [1.54, 1.807) is 18.2 Å². The summed E-state index contributed by atoms with van der Waals surface area (Å²) < 4.78 is 6.54. The normalized spacial score (nSPS) is 18.3. The number of benzene rings is 1. The minimum Gasteiger partial charge on any atom is -0.441 e. The fourth-order valence-corrected chi connectivity index (χ4v) is 3.83. The fourth-order valence-electron chi connectivity index (χ4n) is 2.92. The third-order valence-electron chi connectivity index (χ3n) is 3.96. The summed E-state index contributed by atoms with van der Waals surface area (Å²) in [7, 11) is 0. The molecule has 0 atom stereocenters. The van der Waals surface area contributed by atoms with E-state index in [1.807, 2.05) is 0 Å². The van der Waals surface area contributed by atoms with Crippen LogP contribution in [0.2, 0.25) is 5.02 Å². The topological polar surface area (TPSA) is 55.1 Å². The highest BCUT2D eigenvalue weighted by Crippen LogP contribution is 2.40. The molecular formula is C16H12BrClN2O2. The van der Waals surface area contributed by atoms with Crippen LogP contribution in [-0.4, -0.2) is 10.9 Å². The van der Waals surface area contributed by atoms with Gasteiger partial charge in [-0.2, -0.15) is 0 Å². The summed E-state index contributed by atoms with van der Waals surface area (Å²) in [6.07, 6.45) is 5.83. The molecule has 1 aromatic heterocycles. The first-order valence-corrected chi connectivity index (χ1v) is 8.30. The molecule has 0 bridgehead atoms. The van der Waals surface area contributed by atoms with Crippen molar-refractivity contribution in [3.05, 3.63) is 44.5 Å². The standard InChI is InChI=1S/C16H12BrClN2O2/c17-11-6-8(18)5-9-10(16(21)20-15(9)11)7-14-19-12-3-1-2-4-13(12)22-14/h5-7H,1-4H2,(H,20,21). The predicted octanol–water partition coefficient (Wildman–Crippen LogP) is 4.46. The number of aryl methyl sites for hydroxylation is 2. The molecule has 0 spiro atoms. The Balaban J connectivity index is 1.80. The number of oxazole rings is 1. The monoisotopic (exact) mass is 378 g/mol. The summed E-state index contributed by atoms with van der Waals surface area (Å²) in [5.41, 5.74) is 3.04. The Bertz CT molecular complexity index is 802. The molecule has 1 aliphatic heterocycles. The predicted molar refractivity (Wildman–Crippen MR) is 88.8 cm³/mol. The second-order valence-electron chi connectivity index (χ2n) is 5.45. The van der Waals surface area contributed by atoms with Gasteiger partial charge in [-0.3, -0.25) is 4.79 Å². The van der Waals surface area contributed by atoms with Gasteiger partial charge < -0.3 is 9.73 Å². The zero-order valence-electron chi connectivity index (χ0n) is 11.6. The molecule has 112 valence electrons. The minimum atomic E-state index is -0.172. The molecule has 2 aliphatic rings. The van der Waals surface area contributed by atoms with E-state index in [4.69, 9.17) is 16.0 Å². The third kappa shape index (κ3) is 2.29. The maximum Gasteiger partial charge on any atom is 0.256 e. The van der Waals surface area contributed by atoms with Crippen LogP contribution in [-0.2, 0) is 17.6 Å². The van der Waals surface area contributed by atoms with Crippen molar-refractivity contribution in [1.29, 1.82) is 0 Å². The molecule has 0 saturated heterocycles. The fraction of sp³-hybridized carbons (Fsp3) is 0.250. The van der Waals surface area contributed by atoms with Crippen LogP contribution in [0.1, 0.15) is 35.7 Å². The lowest BCUT2D eigenvalue weighted by Crippen LogP contribution is -2.03. The van der Waals surface area contributed by atoms with Gasteiger partial charge in [0.05, 0.1) is 17.0 Å². The van der Waals surface area contributed by atoms with Crippen molar-refractivity contribution in [2.75, 3.05) is 5.32 Å². The highest BCUT2D eigenvalue weighted by molar-refractivity contribution is 9.10. The Morgan fingerprint density at radius 2 is 2.14 bits per heavy atom. The number of nitrogens with zero attached hydrogens (tertiary/aromatic N) is 1. The van der Waals surface area contributed by atoms with Crippen molar-refractivity contribution < 1.29 is 9.21 Å². The van der Waals surface area contributed by atoms with Crippen molar-refractivity contribution in [3.8, 4) is 0 Å². The van der Waals surface area contributed by atoms with Gasteiger partial charge in [0.15, 0.2) is 0 Å². The van der Waals surface area contributed by atoms with E-state index in [1.165, 1.54) is 0 Å². The number of nitrogens with one attached hydrogen (secondary N) is 1. The SMILES string of the molecule is O=C1Nc2c(Br)cc(Cl)cc2C1=Cc1nc2c(o1)CCCC2. The average Bonchev–Trinajstić information content (AvgIpc) is 3.02. The lowest BCUT2D eigenvalue weighted by atomic mass is 10.0. The Kier molecular flexibility index (Phi) is 3.35. The van der Waals surface area contributed by atoms with Gasteiger partial charge in [-0.05, 0) is 47.3 Å². The zero-order chi connectivity index (χ0) is 15.3. The molecule has 4 nitrogen and oxygen atoms in total. The van der Waals surface area contributed by atoms with E-state index in [0.717, 1.165) is 52.9 Å². The van der Waals surface area contributed by atoms with Crippen LogP contribution in [0.5, 0.6) is 0 Å². The molecule has 6 heteroatoms. The molecule has 1 aliphatic carbocycles. The molecular weight excluding hydrogens is 368 g/mol. The Morgan fingerprint density at radius 1 is 1.32 bits per heavy atom. The molecule has 4 rings (SSSR count). The van der Waals surface area contributed by atoms with Crippen LogP contribution in [0.25, 0.3) is 11.6 Å². The average molecular weight is 380 g/mol. The molecule has 1 aromatic carbocycles. The Morgan fingerprint density at radius 3 is 2.95 bits per heavy atom. The molecule has 0 radical (unpaired) electrons. The van der Waals surface area contributed by atoms with Gasteiger partial charge in [-0.25, -0.2) is 4.98 Å². The highest BCUT2D eigenvalue weighted by Gasteiger charge is 2.27. The first kappa shape index (κ1) is 14.0. The Labute approximate surface area is 140 Å². The van der Waals surface area contributed by atoms with Gasteiger partial charge in [0.1, 0.15) is 5.76 Å². The maximum atomic E-state index is 12.2. The smallest absolute Gasteiger partial charge is 0.256 e. The molecule has 1 amide bonds. The van der Waals surface area contributed by atoms with Gasteiger partial charge in [0.2, 0.25) is 5.89 Å². The first-order chi connectivity index (χ1) is 10.6. The lowest BCUT2D eigenvalue weighted by molar-refractivity contribution is -0.110. The maximum absolute atomic E-state index is 12.2. The lowest BCUT2D eigenvalue weighted by Gasteiger charge is -2.05. The second kappa shape index (κ2) is 5.25. The van der Waals surface area contributed by atoms with Gasteiger partial charge >= 0.3 is 0 Å². The minimum absolute atomic E-state index is 0.172.